The molecule has 10 nitrogen and oxygen atoms in total. The molecule has 0 unspecified atom stereocenters. The number of nitrogens with one attached hydrogen (secondary N) is 2. The summed E-state index contributed by atoms with van der Waals surface area (Å²) < 4.78 is 0. The van der Waals surface area contributed by atoms with Crippen LogP contribution in [-0.4, -0.2) is 26.5 Å². The van der Waals surface area contributed by atoms with E-state index in [0.29, 0.717) is 26.5 Å². The number of nitrogens with zero attached hydrogens (tertiary/aromatic N) is 3. The van der Waals surface area contributed by atoms with Crippen LogP contribution in [0.1, 0.15) is 5.56 Å². The van der Waals surface area contributed by atoms with E-state index in [1.165, 1.54) is 17.8 Å². The number of halogens is 2. The summed E-state index contributed by atoms with van der Waals surface area (Å²) in [6.45, 7) is 0. The SMILES string of the molecule is NC(=[NH+]c1cccc2ccccc12)SCC(=NNc1ccc([N+](=O)[O-])cc1[N+](=O)[O-])c1ccc(Cl)c(Cl)c1. The van der Waals surface area contributed by atoms with Crippen molar-refractivity contribution in [2.45, 2.75) is 0 Å². The number of hydrogen-bond acceptors (Lipinski definition) is 7. The molecule has 13 heteroatoms. The first-order valence-electron chi connectivity index (χ1n) is 10.9. The molecule has 4 aromatic carbocycles. The minimum Gasteiger partial charge on any atom is -0.281 e. The molecule has 0 radical (unpaired) electrons. The molecule has 0 aromatic heterocycles. The fourth-order valence-electron chi connectivity index (χ4n) is 3.51. The maximum atomic E-state index is 11.5. The van der Waals surface area contributed by atoms with Crippen molar-refractivity contribution in [3.8, 4) is 0 Å². The second kappa shape index (κ2) is 11.9. The smallest absolute Gasteiger partial charge is 0.281 e. The van der Waals surface area contributed by atoms with E-state index in [9.17, 15) is 20.2 Å². The highest BCUT2D eigenvalue weighted by molar-refractivity contribution is 8.14. The van der Waals surface area contributed by atoms with Gasteiger partial charge in [-0.15, -0.1) is 0 Å². The lowest BCUT2D eigenvalue weighted by Gasteiger charge is -2.09. The molecule has 0 amide bonds. The predicted molar refractivity (Wildman–Crippen MR) is 153 cm³/mol. The lowest BCUT2D eigenvalue weighted by Crippen LogP contribution is -2.68. The van der Waals surface area contributed by atoms with E-state index >= 15 is 0 Å². The van der Waals surface area contributed by atoms with E-state index in [2.05, 4.69) is 15.5 Å². The maximum Gasteiger partial charge on any atom is 0.307 e. The number of hydrazone groups is 1. The Morgan fingerprint density at radius 1 is 0.947 bits per heavy atom. The molecular weight excluding hydrogens is 551 g/mol. The van der Waals surface area contributed by atoms with Crippen LogP contribution in [0.2, 0.25) is 10.0 Å². The van der Waals surface area contributed by atoms with Gasteiger partial charge in [0.2, 0.25) is 0 Å². The van der Waals surface area contributed by atoms with Gasteiger partial charge in [-0.2, -0.15) is 5.10 Å². The van der Waals surface area contributed by atoms with Gasteiger partial charge in [0.15, 0.2) is 0 Å². The van der Waals surface area contributed by atoms with Crippen LogP contribution in [0.4, 0.5) is 22.7 Å². The van der Waals surface area contributed by atoms with E-state index in [-0.39, 0.29) is 11.4 Å². The second-order valence-corrected chi connectivity index (χ2v) is 9.65. The minimum atomic E-state index is -0.724. The Kier molecular flexibility index (Phi) is 8.41. The van der Waals surface area contributed by atoms with Crippen molar-refractivity contribution < 1.29 is 14.8 Å². The molecule has 192 valence electrons. The fraction of sp³-hybridized carbons (Fsp3) is 0.0400. The number of hydrogen-bond donors (Lipinski definition) is 3. The van der Waals surface area contributed by atoms with Gasteiger partial charge in [0.1, 0.15) is 11.4 Å². The number of non-ortho nitro benzene ring substituents is 1. The van der Waals surface area contributed by atoms with E-state index in [1.807, 2.05) is 42.5 Å². The van der Waals surface area contributed by atoms with Gasteiger partial charge >= 0.3 is 10.9 Å². The molecular formula is C25H19Cl2N6O4S+. The number of nitro benzene ring substituents is 2. The van der Waals surface area contributed by atoms with E-state index in [4.69, 9.17) is 28.9 Å². The van der Waals surface area contributed by atoms with Crippen LogP contribution in [0.5, 0.6) is 0 Å². The van der Waals surface area contributed by atoms with E-state index < -0.39 is 21.2 Å². The number of rotatable bonds is 8. The summed E-state index contributed by atoms with van der Waals surface area (Å²) in [6, 6.07) is 21.9. The number of fused-ring (bicyclic) bond motifs is 1. The Bertz CT molecular complexity index is 1610. The monoisotopic (exact) mass is 569 g/mol. The summed E-state index contributed by atoms with van der Waals surface area (Å²) in [5.74, 6) is 0.245. The third kappa shape index (κ3) is 6.38. The average Bonchev–Trinajstić information content (AvgIpc) is 2.90. The third-order valence-corrected chi connectivity index (χ3v) is 6.93. The minimum absolute atomic E-state index is 0.0195. The summed E-state index contributed by atoms with van der Waals surface area (Å²) in [5.41, 5.74) is 9.90. The highest BCUT2D eigenvalue weighted by atomic mass is 35.5. The number of amidine groups is 1. The Morgan fingerprint density at radius 3 is 2.45 bits per heavy atom. The van der Waals surface area contributed by atoms with Crippen LogP contribution in [0.15, 0.2) is 84.0 Å². The second-order valence-electron chi connectivity index (χ2n) is 7.82. The molecule has 0 aliphatic heterocycles. The highest BCUT2D eigenvalue weighted by Crippen LogP contribution is 2.29. The van der Waals surface area contributed by atoms with Gasteiger partial charge in [-0.3, -0.25) is 31.4 Å². The molecule has 0 aliphatic rings. The highest BCUT2D eigenvalue weighted by Gasteiger charge is 2.20. The number of nitrogens with two attached hydrogens (primary N) is 1. The van der Waals surface area contributed by atoms with Gasteiger partial charge in [-0.1, -0.05) is 65.7 Å². The molecule has 0 saturated carbocycles. The van der Waals surface area contributed by atoms with Gasteiger partial charge in [0.05, 0.1) is 37.4 Å². The number of thioether (sulfide) groups is 1. The Balaban J connectivity index is 1.64. The molecule has 0 heterocycles. The van der Waals surface area contributed by atoms with Crippen LogP contribution in [0.3, 0.4) is 0 Å². The molecule has 0 saturated heterocycles. The van der Waals surface area contributed by atoms with E-state index in [1.54, 1.807) is 18.2 Å². The van der Waals surface area contributed by atoms with Gasteiger partial charge in [0, 0.05) is 17.0 Å². The van der Waals surface area contributed by atoms with Crippen molar-refractivity contribution in [2.75, 3.05) is 11.2 Å². The first-order chi connectivity index (χ1) is 18.2. The summed E-state index contributed by atoms with van der Waals surface area (Å²) in [6.07, 6.45) is 0. The predicted octanol–water partition coefficient (Wildman–Crippen LogP) is 5.24. The zero-order chi connectivity index (χ0) is 27.2. The van der Waals surface area contributed by atoms with Crippen LogP contribution in [0.25, 0.3) is 10.8 Å². The zero-order valence-corrected chi connectivity index (χ0v) is 21.8. The summed E-state index contributed by atoms with van der Waals surface area (Å²) in [5, 5.41) is 30.0. The van der Waals surface area contributed by atoms with Crippen molar-refractivity contribution >= 4 is 79.4 Å². The number of anilines is 1. The van der Waals surface area contributed by atoms with Crippen molar-refractivity contribution in [3.05, 3.63) is 115 Å². The molecule has 4 rings (SSSR count). The van der Waals surface area contributed by atoms with Crippen molar-refractivity contribution in [3.63, 3.8) is 0 Å². The van der Waals surface area contributed by atoms with Crippen molar-refractivity contribution in [1.29, 1.82) is 0 Å². The molecule has 0 bridgehead atoms. The summed E-state index contributed by atoms with van der Waals surface area (Å²) in [4.78, 5) is 24.3. The lowest BCUT2D eigenvalue weighted by atomic mass is 10.1. The first kappa shape index (κ1) is 26.9. The van der Waals surface area contributed by atoms with Gasteiger partial charge in [-0.05, 0) is 41.4 Å². The number of nitro groups is 2. The fourth-order valence-corrected chi connectivity index (χ4v) is 4.52. The van der Waals surface area contributed by atoms with Gasteiger partial charge in [0.25, 0.3) is 5.69 Å². The summed E-state index contributed by atoms with van der Waals surface area (Å²) >= 11 is 13.5. The Morgan fingerprint density at radius 2 is 1.71 bits per heavy atom. The molecule has 4 aromatic rings. The molecule has 0 aliphatic carbocycles. The van der Waals surface area contributed by atoms with E-state index in [0.717, 1.165) is 28.6 Å². The van der Waals surface area contributed by atoms with Gasteiger partial charge in [-0.25, -0.2) is 4.99 Å². The quantitative estimate of drug-likeness (QED) is 0.113. The van der Waals surface area contributed by atoms with Crippen LogP contribution in [-0.2, 0) is 0 Å². The Labute approximate surface area is 230 Å². The van der Waals surface area contributed by atoms with Crippen LogP contribution >= 0.6 is 35.0 Å². The van der Waals surface area contributed by atoms with Gasteiger partial charge < -0.3 is 0 Å². The van der Waals surface area contributed by atoms with Crippen LogP contribution < -0.4 is 16.2 Å². The molecule has 0 atom stereocenters. The largest absolute Gasteiger partial charge is 0.307 e. The maximum absolute atomic E-state index is 11.5. The Hall–Kier alpha value is -4.19. The normalized spacial score (nSPS) is 11.9. The average molecular weight is 570 g/mol. The van der Waals surface area contributed by atoms with Crippen molar-refractivity contribution in [1.82, 2.24) is 0 Å². The van der Waals surface area contributed by atoms with Crippen molar-refractivity contribution in [2.24, 2.45) is 10.8 Å². The topological polar surface area (TPSA) is 151 Å². The molecule has 0 spiro atoms. The summed E-state index contributed by atoms with van der Waals surface area (Å²) in [7, 11) is 0. The molecule has 4 N–H and O–H groups in total. The standard InChI is InChI=1S/C25H18Cl2N6O4S/c26-19-10-8-16(12-20(19)27)23(31-30-22-11-9-17(32(34)35)13-24(22)33(36)37)14-38-25(28)29-21-7-3-5-15-4-1-2-6-18(15)21/h1-13,30H,14H2,(H2,28,29)/p+1. The number of benzene rings is 4. The lowest BCUT2D eigenvalue weighted by molar-refractivity contribution is -0.393. The molecule has 0 fully saturated rings. The zero-order valence-electron chi connectivity index (χ0n) is 19.4. The van der Waals surface area contributed by atoms with Crippen LogP contribution in [0, 0.1) is 20.2 Å². The first-order valence-corrected chi connectivity index (χ1v) is 12.7. The molecule has 38 heavy (non-hydrogen) atoms. The third-order valence-electron chi connectivity index (χ3n) is 5.36.